The summed E-state index contributed by atoms with van der Waals surface area (Å²) in [6.07, 6.45) is 4.18. The van der Waals surface area contributed by atoms with Crippen molar-refractivity contribution in [2.45, 2.75) is 51.2 Å². The Kier molecular flexibility index (Phi) is 5.91. The number of anilines is 1. The highest BCUT2D eigenvalue weighted by atomic mass is 35.5. The highest BCUT2D eigenvalue weighted by Gasteiger charge is 2.44. The molecule has 3 rings (SSSR count). The minimum atomic E-state index is -1.92. The molecule has 2 aromatic heterocycles. The first kappa shape index (κ1) is 21.9. The van der Waals surface area contributed by atoms with Gasteiger partial charge >= 0.3 is 7.41 Å². The fraction of sp³-hybridized carbons (Fsp3) is 0.500. The van der Waals surface area contributed by atoms with Crippen molar-refractivity contribution in [1.29, 1.82) is 0 Å². The second kappa shape index (κ2) is 7.81. The number of nitrogens with zero attached hydrogens (tertiary/aromatic N) is 4. The maximum atomic E-state index is 11.2. The Morgan fingerprint density at radius 3 is 2.72 bits per heavy atom. The number of hydrogen-bond acceptors (Lipinski definition) is 6. The van der Waals surface area contributed by atoms with E-state index in [1.807, 2.05) is 10.9 Å². The van der Waals surface area contributed by atoms with Gasteiger partial charge in [0, 0.05) is 42.1 Å². The van der Waals surface area contributed by atoms with Crippen LogP contribution in [0.4, 0.5) is 5.82 Å². The highest BCUT2D eigenvalue weighted by molar-refractivity contribution is 6.74. The molecular formula is C20H27BClN4O2Si. The quantitative estimate of drug-likeness (QED) is 0.391. The molecule has 0 bridgehead atoms. The fourth-order valence-corrected chi connectivity index (χ4v) is 4.44. The summed E-state index contributed by atoms with van der Waals surface area (Å²) in [4.78, 5) is 26.0. The van der Waals surface area contributed by atoms with Gasteiger partial charge in [-0.25, -0.2) is 15.0 Å². The summed E-state index contributed by atoms with van der Waals surface area (Å²) in [5.74, 6) is 0.780. The topological polar surface area (TPSA) is 68.2 Å². The van der Waals surface area contributed by atoms with Gasteiger partial charge < -0.3 is 14.0 Å². The lowest BCUT2D eigenvalue weighted by molar-refractivity contribution is 0.219. The van der Waals surface area contributed by atoms with Gasteiger partial charge in [0.2, 0.25) is 5.28 Å². The average Bonchev–Trinajstić information content (AvgIpc) is 2.92. The molecule has 3 heterocycles. The minimum Gasteiger partial charge on any atom is -0.416 e. The standard InChI is InChI=1S/C20H27BClN4O2Si/c1-19(2,3)29(5,6)28-12-20(4)11-26(21-13-27)17-15(20)9-14(10-24-17)16-7-8-23-18(22)25-16/h7-10,13H,11-12H2,1-6H3. The average molecular weight is 430 g/mol. The molecule has 1 radical (unpaired) electrons. The summed E-state index contributed by atoms with van der Waals surface area (Å²) >= 11 is 5.96. The van der Waals surface area contributed by atoms with Crippen LogP contribution in [-0.2, 0) is 14.6 Å². The number of aromatic nitrogens is 3. The van der Waals surface area contributed by atoms with E-state index < -0.39 is 8.32 Å². The lowest BCUT2D eigenvalue weighted by Crippen LogP contribution is -2.46. The lowest BCUT2D eigenvalue weighted by Gasteiger charge is -2.39. The zero-order chi connectivity index (χ0) is 21.4. The number of carbonyl (C=O) groups is 1. The van der Waals surface area contributed by atoms with Crippen LogP contribution in [-0.4, -0.2) is 50.0 Å². The van der Waals surface area contributed by atoms with Gasteiger partial charge in [-0.2, -0.15) is 0 Å². The van der Waals surface area contributed by atoms with E-state index in [2.05, 4.69) is 61.8 Å². The van der Waals surface area contributed by atoms with Gasteiger partial charge in [0.1, 0.15) is 12.0 Å². The molecule has 1 unspecified atom stereocenters. The highest BCUT2D eigenvalue weighted by Crippen LogP contribution is 2.43. The Labute approximate surface area is 179 Å². The van der Waals surface area contributed by atoms with Crippen LogP contribution < -0.4 is 4.81 Å². The maximum absolute atomic E-state index is 11.2. The van der Waals surface area contributed by atoms with Crippen molar-refractivity contribution in [3.05, 3.63) is 35.4 Å². The summed E-state index contributed by atoms with van der Waals surface area (Å²) in [6, 6.07) is 3.89. The summed E-state index contributed by atoms with van der Waals surface area (Å²) in [5.41, 5.74) is 2.32. The van der Waals surface area contributed by atoms with E-state index in [1.165, 1.54) is 7.41 Å². The predicted molar refractivity (Wildman–Crippen MR) is 121 cm³/mol. The molecule has 1 aliphatic heterocycles. The maximum Gasteiger partial charge on any atom is 0.330 e. The van der Waals surface area contributed by atoms with Crippen LogP contribution in [0.5, 0.6) is 0 Å². The van der Waals surface area contributed by atoms with Crippen LogP contribution in [0.1, 0.15) is 33.3 Å². The van der Waals surface area contributed by atoms with E-state index in [9.17, 15) is 4.79 Å². The number of rotatable bonds is 6. The normalized spacial score (nSPS) is 19.2. The molecule has 2 aromatic rings. The van der Waals surface area contributed by atoms with Crippen LogP contribution in [0.25, 0.3) is 11.3 Å². The molecule has 29 heavy (non-hydrogen) atoms. The molecule has 1 aliphatic rings. The molecule has 6 nitrogen and oxygen atoms in total. The Bertz CT molecular complexity index is 922. The van der Waals surface area contributed by atoms with Gasteiger partial charge in [-0.15, -0.1) is 0 Å². The van der Waals surface area contributed by atoms with Crippen molar-refractivity contribution in [1.82, 2.24) is 15.0 Å². The van der Waals surface area contributed by atoms with Gasteiger partial charge in [0.15, 0.2) is 8.32 Å². The van der Waals surface area contributed by atoms with Gasteiger partial charge in [-0.3, -0.25) is 0 Å². The third-order valence-electron chi connectivity index (χ3n) is 6.03. The molecule has 0 saturated carbocycles. The smallest absolute Gasteiger partial charge is 0.330 e. The van der Waals surface area contributed by atoms with Gasteiger partial charge in [-0.1, -0.05) is 27.7 Å². The number of carbonyl (C=O) groups excluding carboxylic acids is 1. The summed E-state index contributed by atoms with van der Waals surface area (Å²) < 4.78 is 6.56. The van der Waals surface area contributed by atoms with Gasteiger partial charge in [-0.05, 0) is 41.9 Å². The van der Waals surface area contributed by atoms with Crippen LogP contribution in [0.3, 0.4) is 0 Å². The molecule has 153 valence electrons. The SMILES string of the molecule is CC1(CO[Si](C)(C)C(C)(C)C)CN([B]C=O)c2ncc(-c3ccnc(Cl)n3)cc21. The zero-order valence-corrected chi connectivity index (χ0v) is 19.6. The van der Waals surface area contributed by atoms with E-state index in [1.54, 1.807) is 12.4 Å². The second-order valence-corrected chi connectivity index (χ2v) is 14.5. The predicted octanol–water partition coefficient (Wildman–Crippen LogP) is 4.10. The number of fused-ring (bicyclic) bond motifs is 1. The Morgan fingerprint density at radius 1 is 1.38 bits per heavy atom. The van der Waals surface area contributed by atoms with Crippen LogP contribution in [0.15, 0.2) is 24.5 Å². The first-order valence-corrected chi connectivity index (χ1v) is 12.9. The van der Waals surface area contributed by atoms with Crippen molar-refractivity contribution in [2.24, 2.45) is 0 Å². The van der Waals surface area contributed by atoms with Crippen molar-refractivity contribution in [3.8, 4) is 11.3 Å². The lowest BCUT2D eigenvalue weighted by atomic mass is 9.85. The van der Waals surface area contributed by atoms with Crippen molar-refractivity contribution >= 4 is 39.3 Å². The first-order valence-electron chi connectivity index (χ1n) is 9.65. The molecule has 0 aliphatic carbocycles. The van der Waals surface area contributed by atoms with Crippen molar-refractivity contribution in [3.63, 3.8) is 0 Å². The number of halogens is 1. The third-order valence-corrected chi connectivity index (χ3v) is 10.7. The molecule has 1 atom stereocenters. The molecule has 0 N–H and O–H groups in total. The van der Waals surface area contributed by atoms with E-state index in [0.29, 0.717) is 18.8 Å². The summed E-state index contributed by atoms with van der Waals surface area (Å²) in [6.45, 7) is 14.6. The minimum absolute atomic E-state index is 0.122. The largest absolute Gasteiger partial charge is 0.416 e. The Balaban J connectivity index is 1.98. The molecule has 0 aromatic carbocycles. The first-order chi connectivity index (χ1) is 13.5. The Hall–Kier alpha value is -1.77. The molecular weight excluding hydrogens is 403 g/mol. The van der Waals surface area contributed by atoms with Crippen LogP contribution in [0, 0.1) is 0 Å². The fourth-order valence-electron chi connectivity index (χ4n) is 3.18. The molecule has 9 heteroatoms. The second-order valence-electron chi connectivity index (χ2n) is 9.33. The van der Waals surface area contributed by atoms with Gasteiger partial charge in [0.05, 0.1) is 5.69 Å². The third kappa shape index (κ3) is 4.39. The van der Waals surface area contributed by atoms with E-state index in [0.717, 1.165) is 23.1 Å². The summed E-state index contributed by atoms with van der Waals surface area (Å²) in [5, 5.41) is 0.319. The Morgan fingerprint density at radius 2 is 2.10 bits per heavy atom. The van der Waals surface area contributed by atoms with E-state index in [4.69, 9.17) is 16.0 Å². The molecule has 0 fully saturated rings. The van der Waals surface area contributed by atoms with Crippen molar-refractivity contribution < 1.29 is 9.22 Å². The van der Waals surface area contributed by atoms with Crippen molar-refractivity contribution in [2.75, 3.05) is 18.0 Å². The zero-order valence-electron chi connectivity index (χ0n) is 17.9. The number of pyridine rings is 1. The summed E-state index contributed by atoms with van der Waals surface area (Å²) in [7, 11) is -0.391. The molecule has 0 amide bonds. The van der Waals surface area contributed by atoms with E-state index in [-0.39, 0.29) is 15.7 Å². The van der Waals surface area contributed by atoms with Crippen LogP contribution in [0.2, 0.25) is 23.4 Å². The van der Waals surface area contributed by atoms with Gasteiger partial charge in [0.25, 0.3) is 0 Å². The number of hydrogen-bond donors (Lipinski definition) is 0. The molecule has 0 spiro atoms. The van der Waals surface area contributed by atoms with Crippen LogP contribution >= 0.6 is 11.6 Å². The monoisotopic (exact) mass is 429 g/mol. The molecule has 0 saturated heterocycles. The van der Waals surface area contributed by atoms with E-state index >= 15 is 0 Å².